The van der Waals surface area contributed by atoms with Gasteiger partial charge in [0.2, 0.25) is 0 Å². The molecule has 0 unspecified atom stereocenters. The van der Waals surface area contributed by atoms with E-state index in [1.165, 1.54) is 55.6 Å². The largest absolute Gasteiger partial charge is 0.456 e. The second kappa shape index (κ2) is 11.9. The Morgan fingerprint density at radius 2 is 0.964 bits per heavy atom. The molecule has 8 aromatic carbocycles. The van der Waals surface area contributed by atoms with Crippen LogP contribution in [0.25, 0.3) is 66.4 Å². The molecule has 0 spiro atoms. The first-order valence-electron chi connectivity index (χ1n) is 19.7. The lowest BCUT2D eigenvalue weighted by Crippen LogP contribution is -2.17. The second-order valence-electron chi connectivity index (χ2n) is 16.5. The smallest absolute Gasteiger partial charge is 0.136 e. The first kappa shape index (κ1) is 32.8. The van der Waals surface area contributed by atoms with Crippen molar-refractivity contribution in [1.29, 1.82) is 0 Å². The number of benzene rings is 8. The summed E-state index contributed by atoms with van der Waals surface area (Å²) >= 11 is 0. The van der Waals surface area contributed by atoms with Crippen molar-refractivity contribution in [3.8, 4) is 44.5 Å². The van der Waals surface area contributed by atoms with Gasteiger partial charge < -0.3 is 9.32 Å². The van der Waals surface area contributed by atoms with E-state index in [0.29, 0.717) is 0 Å². The van der Waals surface area contributed by atoms with Crippen LogP contribution in [0, 0.1) is 0 Å². The number of anilines is 3. The van der Waals surface area contributed by atoms with Crippen LogP contribution in [0.3, 0.4) is 0 Å². The Morgan fingerprint density at radius 3 is 1.80 bits per heavy atom. The van der Waals surface area contributed by atoms with Crippen molar-refractivity contribution in [3.63, 3.8) is 0 Å². The van der Waals surface area contributed by atoms with Crippen molar-refractivity contribution in [3.05, 3.63) is 198 Å². The van der Waals surface area contributed by atoms with E-state index in [1.807, 2.05) is 6.07 Å². The topological polar surface area (TPSA) is 16.4 Å². The molecule has 2 nitrogen and oxygen atoms in total. The number of rotatable bonds is 5. The molecule has 2 aliphatic carbocycles. The number of hydrogen-bond donors (Lipinski definition) is 0. The number of hydrogen-bond acceptors (Lipinski definition) is 2. The summed E-state index contributed by atoms with van der Waals surface area (Å²) in [6.45, 7) is 9.47. The van der Waals surface area contributed by atoms with Crippen LogP contribution in [-0.4, -0.2) is 0 Å². The molecule has 0 N–H and O–H groups in total. The molecule has 0 amide bonds. The zero-order valence-corrected chi connectivity index (χ0v) is 32.1. The lowest BCUT2D eigenvalue weighted by atomic mass is 9.79. The predicted molar refractivity (Wildman–Crippen MR) is 234 cm³/mol. The molecule has 2 aliphatic rings. The van der Waals surface area contributed by atoms with Gasteiger partial charge in [-0.1, -0.05) is 161 Å². The molecule has 268 valence electrons. The van der Waals surface area contributed by atoms with Gasteiger partial charge >= 0.3 is 0 Å². The van der Waals surface area contributed by atoms with E-state index in [1.54, 1.807) is 0 Å². The second-order valence-corrected chi connectivity index (χ2v) is 16.5. The molecule has 1 aromatic heterocycles. The van der Waals surface area contributed by atoms with Gasteiger partial charge in [-0.3, -0.25) is 0 Å². The van der Waals surface area contributed by atoms with Crippen molar-refractivity contribution >= 4 is 39.0 Å². The number of nitrogens with zero attached hydrogens (tertiary/aromatic N) is 1. The minimum absolute atomic E-state index is 0.128. The minimum Gasteiger partial charge on any atom is -0.456 e. The van der Waals surface area contributed by atoms with E-state index < -0.39 is 0 Å². The Morgan fingerprint density at radius 1 is 0.393 bits per heavy atom. The summed E-state index contributed by atoms with van der Waals surface area (Å²) in [5, 5.41) is 2.26. The molecule has 0 atom stereocenters. The van der Waals surface area contributed by atoms with Crippen LogP contribution >= 0.6 is 0 Å². The minimum atomic E-state index is -0.137. The summed E-state index contributed by atoms with van der Waals surface area (Å²) in [4.78, 5) is 2.47. The Bertz CT molecular complexity index is 3050. The summed E-state index contributed by atoms with van der Waals surface area (Å²) in [6, 6.07) is 64.6. The number of fused-ring (bicyclic) bond motifs is 9. The fourth-order valence-electron chi connectivity index (χ4n) is 10.1. The van der Waals surface area contributed by atoms with E-state index in [2.05, 4.69) is 202 Å². The van der Waals surface area contributed by atoms with E-state index in [4.69, 9.17) is 4.42 Å². The van der Waals surface area contributed by atoms with Crippen LogP contribution < -0.4 is 4.90 Å². The van der Waals surface area contributed by atoms with Gasteiger partial charge in [0, 0.05) is 38.5 Å². The number of furan rings is 1. The molecular weight excluding hydrogens is 679 g/mol. The van der Waals surface area contributed by atoms with Crippen LogP contribution in [0.5, 0.6) is 0 Å². The fraction of sp³-hybridized carbons (Fsp3) is 0.111. The average Bonchev–Trinajstić information content (AvgIpc) is 3.81. The molecular formula is C54H41NO. The van der Waals surface area contributed by atoms with Crippen LogP contribution in [-0.2, 0) is 10.8 Å². The summed E-state index contributed by atoms with van der Waals surface area (Å²) in [7, 11) is 0. The quantitative estimate of drug-likeness (QED) is 0.176. The van der Waals surface area contributed by atoms with Gasteiger partial charge in [0.25, 0.3) is 0 Å². The molecule has 2 heteroatoms. The van der Waals surface area contributed by atoms with Gasteiger partial charge in [0.15, 0.2) is 0 Å². The third-order valence-electron chi connectivity index (χ3n) is 12.7. The summed E-state index contributed by atoms with van der Waals surface area (Å²) < 4.78 is 6.42. The van der Waals surface area contributed by atoms with Gasteiger partial charge in [0.1, 0.15) is 11.2 Å². The highest BCUT2D eigenvalue weighted by Crippen LogP contribution is 2.54. The van der Waals surface area contributed by atoms with E-state index in [-0.39, 0.29) is 10.8 Å². The zero-order chi connectivity index (χ0) is 37.8. The lowest BCUT2D eigenvalue weighted by molar-refractivity contribution is 0.660. The van der Waals surface area contributed by atoms with Crippen molar-refractivity contribution < 1.29 is 4.42 Å². The normalized spacial score (nSPS) is 14.4. The highest BCUT2D eigenvalue weighted by Gasteiger charge is 2.38. The van der Waals surface area contributed by atoms with Crippen molar-refractivity contribution in [1.82, 2.24) is 0 Å². The Balaban J connectivity index is 1.15. The fourth-order valence-corrected chi connectivity index (χ4v) is 10.1. The maximum absolute atomic E-state index is 6.42. The average molecular weight is 720 g/mol. The molecule has 0 saturated carbocycles. The standard InChI is InChI=1S/C54H41NO/c1-53(2)45-25-9-5-18-38(45)40-31-30-36(33-47(40)53)55(48-27-11-7-20-41(48)42-23-15-29-50-51(42)44-21-8-12-28-49(44)56-50)35-17-13-16-34(32-35)37-22-14-24-43-39-19-6-10-26-46(39)54(3,4)52(37)43/h5-33H,1-4H3. The highest BCUT2D eigenvalue weighted by atomic mass is 16.3. The third-order valence-corrected chi connectivity index (χ3v) is 12.7. The first-order chi connectivity index (χ1) is 27.3. The molecule has 0 fully saturated rings. The van der Waals surface area contributed by atoms with Crippen molar-refractivity contribution in [2.24, 2.45) is 0 Å². The van der Waals surface area contributed by atoms with Crippen LogP contribution in [0.15, 0.2) is 180 Å². The first-order valence-corrected chi connectivity index (χ1v) is 19.7. The molecule has 1 heterocycles. The Labute approximate surface area is 328 Å². The van der Waals surface area contributed by atoms with Crippen molar-refractivity contribution in [2.45, 2.75) is 38.5 Å². The van der Waals surface area contributed by atoms with Gasteiger partial charge in [-0.25, -0.2) is 0 Å². The summed E-state index contributed by atoms with van der Waals surface area (Å²) in [5.74, 6) is 0. The maximum atomic E-state index is 6.42. The number of para-hydroxylation sites is 2. The van der Waals surface area contributed by atoms with Gasteiger partial charge in [-0.2, -0.15) is 0 Å². The molecule has 9 aromatic rings. The molecule has 0 aliphatic heterocycles. The predicted octanol–water partition coefficient (Wildman–Crippen LogP) is 15.0. The monoisotopic (exact) mass is 719 g/mol. The van der Waals surface area contributed by atoms with E-state index >= 15 is 0 Å². The highest BCUT2D eigenvalue weighted by molar-refractivity contribution is 6.14. The molecule has 0 radical (unpaired) electrons. The summed E-state index contributed by atoms with van der Waals surface area (Å²) in [6.07, 6.45) is 0. The lowest BCUT2D eigenvalue weighted by Gasteiger charge is -2.30. The van der Waals surface area contributed by atoms with Gasteiger partial charge in [0.05, 0.1) is 5.69 Å². The Kier molecular flexibility index (Phi) is 6.98. The Hall–Kier alpha value is -6.64. The van der Waals surface area contributed by atoms with Gasteiger partial charge in [-0.05, 0) is 104 Å². The van der Waals surface area contributed by atoms with Gasteiger partial charge in [-0.15, -0.1) is 0 Å². The molecule has 56 heavy (non-hydrogen) atoms. The van der Waals surface area contributed by atoms with Crippen LogP contribution in [0.1, 0.15) is 49.9 Å². The summed E-state index contributed by atoms with van der Waals surface area (Å²) in [5.41, 5.74) is 20.5. The van der Waals surface area contributed by atoms with Crippen LogP contribution in [0.4, 0.5) is 17.1 Å². The molecule has 0 saturated heterocycles. The zero-order valence-electron chi connectivity index (χ0n) is 32.1. The third kappa shape index (κ3) is 4.62. The van der Waals surface area contributed by atoms with E-state index in [0.717, 1.165) is 50.1 Å². The van der Waals surface area contributed by atoms with E-state index in [9.17, 15) is 0 Å². The van der Waals surface area contributed by atoms with Crippen LogP contribution in [0.2, 0.25) is 0 Å². The van der Waals surface area contributed by atoms with Crippen molar-refractivity contribution in [2.75, 3.05) is 4.90 Å². The molecule has 0 bridgehead atoms. The maximum Gasteiger partial charge on any atom is 0.136 e. The molecule has 11 rings (SSSR count). The SMILES string of the molecule is CC1(C)c2ccccc2-c2ccc(N(c3cccc(-c4cccc5c4C(C)(C)c4ccccc4-5)c3)c3ccccc3-c3cccc4oc5ccccc5c34)cc21.